The highest BCUT2D eigenvalue weighted by molar-refractivity contribution is 5.45. The molecule has 2 unspecified atom stereocenters. The van der Waals surface area contributed by atoms with Gasteiger partial charge in [-0.1, -0.05) is 62.4 Å². The minimum atomic E-state index is 0.391. The SMILES string of the molecule is CCNC(c1ccccc1)C(C)CN(C)c1ccccc1. The molecule has 2 heteroatoms. The van der Waals surface area contributed by atoms with Gasteiger partial charge < -0.3 is 10.2 Å². The van der Waals surface area contributed by atoms with Gasteiger partial charge in [0.1, 0.15) is 0 Å². The Hall–Kier alpha value is -1.80. The van der Waals surface area contributed by atoms with Crippen LogP contribution in [-0.2, 0) is 0 Å². The maximum atomic E-state index is 3.63. The molecule has 0 bridgehead atoms. The summed E-state index contributed by atoms with van der Waals surface area (Å²) in [6.45, 7) is 6.50. The summed E-state index contributed by atoms with van der Waals surface area (Å²) in [5, 5.41) is 3.63. The molecule has 2 aromatic rings. The van der Waals surface area contributed by atoms with Gasteiger partial charge in [-0.15, -0.1) is 0 Å². The highest BCUT2D eigenvalue weighted by Crippen LogP contribution is 2.24. The molecule has 1 N–H and O–H groups in total. The van der Waals surface area contributed by atoms with Crippen LogP contribution in [0.3, 0.4) is 0 Å². The lowest BCUT2D eigenvalue weighted by Gasteiger charge is -2.30. The van der Waals surface area contributed by atoms with E-state index in [1.54, 1.807) is 0 Å². The van der Waals surface area contributed by atoms with Gasteiger partial charge in [-0.25, -0.2) is 0 Å². The van der Waals surface area contributed by atoms with E-state index in [0.29, 0.717) is 12.0 Å². The molecule has 0 amide bonds. The molecule has 2 atom stereocenters. The zero-order chi connectivity index (χ0) is 15.1. The third kappa shape index (κ3) is 4.33. The summed E-state index contributed by atoms with van der Waals surface area (Å²) in [6, 6.07) is 21.7. The van der Waals surface area contributed by atoms with Gasteiger partial charge in [-0.2, -0.15) is 0 Å². The largest absolute Gasteiger partial charge is 0.374 e. The van der Waals surface area contributed by atoms with E-state index in [1.807, 2.05) is 0 Å². The van der Waals surface area contributed by atoms with Crippen LogP contribution in [0.5, 0.6) is 0 Å². The van der Waals surface area contributed by atoms with E-state index >= 15 is 0 Å². The van der Waals surface area contributed by atoms with Crippen LogP contribution in [-0.4, -0.2) is 20.1 Å². The molecule has 0 aliphatic rings. The van der Waals surface area contributed by atoms with Crippen molar-refractivity contribution in [2.75, 3.05) is 25.0 Å². The van der Waals surface area contributed by atoms with Gasteiger partial charge in [-0.05, 0) is 30.2 Å². The molecular weight excluding hydrogens is 256 g/mol. The number of nitrogens with zero attached hydrogens (tertiary/aromatic N) is 1. The molecule has 2 aromatic carbocycles. The zero-order valence-corrected chi connectivity index (χ0v) is 13.3. The smallest absolute Gasteiger partial charge is 0.0363 e. The zero-order valence-electron chi connectivity index (χ0n) is 13.3. The molecule has 0 heterocycles. The fourth-order valence-electron chi connectivity index (χ4n) is 2.85. The van der Waals surface area contributed by atoms with Crippen LogP contribution in [0.25, 0.3) is 0 Å². The minimum Gasteiger partial charge on any atom is -0.374 e. The topological polar surface area (TPSA) is 15.3 Å². The predicted octanol–water partition coefficient (Wildman–Crippen LogP) is 4.11. The van der Waals surface area contributed by atoms with Crippen molar-refractivity contribution >= 4 is 5.69 Å². The molecule has 0 saturated carbocycles. The third-order valence-corrected chi connectivity index (χ3v) is 3.91. The summed E-state index contributed by atoms with van der Waals surface area (Å²) in [5.41, 5.74) is 2.64. The van der Waals surface area contributed by atoms with Crippen LogP contribution in [0, 0.1) is 5.92 Å². The van der Waals surface area contributed by atoms with E-state index in [0.717, 1.165) is 13.1 Å². The Kier molecular flexibility index (Phi) is 5.82. The van der Waals surface area contributed by atoms with E-state index in [9.17, 15) is 0 Å². The lowest BCUT2D eigenvalue weighted by atomic mass is 9.94. The van der Waals surface area contributed by atoms with Gasteiger partial charge >= 0.3 is 0 Å². The van der Waals surface area contributed by atoms with Crippen LogP contribution in [0.1, 0.15) is 25.5 Å². The number of hydrogen-bond acceptors (Lipinski definition) is 2. The molecule has 0 aromatic heterocycles. The average molecular weight is 282 g/mol. The molecule has 0 saturated heterocycles. The molecule has 0 aliphatic heterocycles. The Morgan fingerprint density at radius 3 is 2.10 bits per heavy atom. The average Bonchev–Trinajstić information content (AvgIpc) is 2.54. The number of para-hydroxylation sites is 1. The van der Waals surface area contributed by atoms with Crippen LogP contribution < -0.4 is 10.2 Å². The summed E-state index contributed by atoms with van der Waals surface area (Å²) in [4.78, 5) is 2.33. The van der Waals surface area contributed by atoms with Crippen molar-refractivity contribution in [3.05, 3.63) is 66.2 Å². The first-order valence-electron chi connectivity index (χ1n) is 7.77. The minimum absolute atomic E-state index is 0.391. The molecule has 2 rings (SSSR count). The maximum Gasteiger partial charge on any atom is 0.0363 e. The number of benzene rings is 2. The quantitative estimate of drug-likeness (QED) is 0.822. The molecule has 0 radical (unpaired) electrons. The number of hydrogen-bond donors (Lipinski definition) is 1. The highest BCUT2D eigenvalue weighted by atomic mass is 15.1. The van der Waals surface area contributed by atoms with Crippen LogP contribution >= 0.6 is 0 Å². The van der Waals surface area contributed by atoms with Gasteiger partial charge in [0, 0.05) is 25.3 Å². The highest BCUT2D eigenvalue weighted by Gasteiger charge is 2.19. The van der Waals surface area contributed by atoms with Crippen LogP contribution in [0.15, 0.2) is 60.7 Å². The number of anilines is 1. The summed E-state index contributed by atoms with van der Waals surface area (Å²) in [5.74, 6) is 0.526. The molecule has 112 valence electrons. The molecule has 0 fully saturated rings. The van der Waals surface area contributed by atoms with E-state index < -0.39 is 0 Å². The standard InChI is InChI=1S/C19H26N2/c1-4-20-19(17-11-7-5-8-12-17)16(2)15-21(3)18-13-9-6-10-14-18/h5-14,16,19-20H,4,15H2,1-3H3. The molecule has 0 aliphatic carbocycles. The molecule has 21 heavy (non-hydrogen) atoms. The predicted molar refractivity (Wildman–Crippen MR) is 91.7 cm³/mol. The van der Waals surface area contributed by atoms with Crippen molar-refractivity contribution in [2.45, 2.75) is 19.9 Å². The van der Waals surface area contributed by atoms with Gasteiger partial charge in [0.05, 0.1) is 0 Å². The second-order valence-corrected chi connectivity index (χ2v) is 5.64. The van der Waals surface area contributed by atoms with Gasteiger partial charge in [-0.3, -0.25) is 0 Å². The number of nitrogens with one attached hydrogen (secondary N) is 1. The fourth-order valence-corrected chi connectivity index (χ4v) is 2.85. The summed E-state index contributed by atoms with van der Waals surface area (Å²) < 4.78 is 0. The third-order valence-electron chi connectivity index (χ3n) is 3.91. The van der Waals surface area contributed by atoms with Crippen molar-refractivity contribution in [2.24, 2.45) is 5.92 Å². The van der Waals surface area contributed by atoms with E-state index in [-0.39, 0.29) is 0 Å². The summed E-state index contributed by atoms with van der Waals surface area (Å²) in [7, 11) is 2.17. The summed E-state index contributed by atoms with van der Waals surface area (Å²) >= 11 is 0. The normalized spacial score (nSPS) is 13.7. The van der Waals surface area contributed by atoms with Crippen molar-refractivity contribution in [3.63, 3.8) is 0 Å². The molecule has 2 nitrogen and oxygen atoms in total. The first-order valence-corrected chi connectivity index (χ1v) is 7.77. The Bertz CT molecular complexity index is 510. The Balaban J connectivity index is 2.07. The van der Waals surface area contributed by atoms with Gasteiger partial charge in [0.15, 0.2) is 0 Å². The lowest BCUT2D eigenvalue weighted by molar-refractivity contribution is 0.396. The van der Waals surface area contributed by atoms with Crippen LogP contribution in [0.4, 0.5) is 5.69 Å². The first kappa shape index (κ1) is 15.6. The van der Waals surface area contributed by atoms with Crippen molar-refractivity contribution in [3.8, 4) is 0 Å². The Morgan fingerprint density at radius 2 is 1.52 bits per heavy atom. The van der Waals surface area contributed by atoms with E-state index in [1.165, 1.54) is 11.3 Å². The molecule has 0 spiro atoms. The van der Waals surface area contributed by atoms with Gasteiger partial charge in [0.2, 0.25) is 0 Å². The lowest BCUT2D eigenvalue weighted by Crippen LogP contribution is -2.34. The van der Waals surface area contributed by atoms with Crippen molar-refractivity contribution in [1.82, 2.24) is 5.32 Å². The number of rotatable bonds is 7. The Morgan fingerprint density at radius 1 is 0.952 bits per heavy atom. The van der Waals surface area contributed by atoms with E-state index in [2.05, 4.69) is 91.8 Å². The van der Waals surface area contributed by atoms with Crippen molar-refractivity contribution < 1.29 is 0 Å². The summed E-state index contributed by atoms with van der Waals surface area (Å²) in [6.07, 6.45) is 0. The first-order chi connectivity index (χ1) is 10.2. The van der Waals surface area contributed by atoms with Crippen molar-refractivity contribution in [1.29, 1.82) is 0 Å². The van der Waals surface area contributed by atoms with Gasteiger partial charge in [0.25, 0.3) is 0 Å². The second-order valence-electron chi connectivity index (χ2n) is 5.64. The van der Waals surface area contributed by atoms with E-state index in [4.69, 9.17) is 0 Å². The second kappa shape index (κ2) is 7.84. The monoisotopic (exact) mass is 282 g/mol. The maximum absolute atomic E-state index is 3.63. The Labute approximate surface area is 128 Å². The molecular formula is C19H26N2. The fraction of sp³-hybridized carbons (Fsp3) is 0.368. The van der Waals surface area contributed by atoms with Crippen LogP contribution in [0.2, 0.25) is 0 Å².